The van der Waals surface area contributed by atoms with Crippen molar-refractivity contribution in [2.45, 2.75) is 6.04 Å². The van der Waals surface area contributed by atoms with Crippen molar-refractivity contribution in [3.8, 4) is 0 Å². The quantitative estimate of drug-likeness (QED) is 0.276. The SMILES string of the molecule is O=C(NC(C(=O)NN=Cc1cccc(Br)c1)c1n[nH]c(=O)c2ccccc12)c1ccccc1. The van der Waals surface area contributed by atoms with Gasteiger partial charge in [0.25, 0.3) is 17.4 Å². The third-order valence-corrected chi connectivity index (χ3v) is 5.30. The van der Waals surface area contributed by atoms with Crippen LogP contribution in [0.1, 0.15) is 27.7 Å². The molecule has 4 rings (SSSR count). The minimum Gasteiger partial charge on any atom is -0.335 e. The lowest BCUT2D eigenvalue weighted by atomic mass is 10.0. The second-order valence-corrected chi connectivity index (χ2v) is 7.96. The van der Waals surface area contributed by atoms with E-state index in [0.29, 0.717) is 16.3 Å². The first-order valence-corrected chi connectivity index (χ1v) is 10.7. The molecular formula is C24H18BrN5O3. The van der Waals surface area contributed by atoms with E-state index < -0.39 is 23.4 Å². The fraction of sp³-hybridized carbons (Fsp3) is 0.0417. The van der Waals surface area contributed by atoms with Crippen LogP contribution in [0, 0.1) is 0 Å². The van der Waals surface area contributed by atoms with E-state index in [1.807, 2.05) is 24.3 Å². The molecule has 2 amide bonds. The third kappa shape index (κ3) is 5.21. The zero-order chi connectivity index (χ0) is 23.2. The van der Waals surface area contributed by atoms with E-state index >= 15 is 0 Å². The molecule has 4 aromatic rings. The maximum atomic E-state index is 13.1. The maximum Gasteiger partial charge on any atom is 0.272 e. The minimum atomic E-state index is -1.21. The van der Waals surface area contributed by atoms with Gasteiger partial charge < -0.3 is 5.32 Å². The number of fused-ring (bicyclic) bond motifs is 1. The highest BCUT2D eigenvalue weighted by molar-refractivity contribution is 9.10. The van der Waals surface area contributed by atoms with Crippen LogP contribution in [0.2, 0.25) is 0 Å². The highest BCUT2D eigenvalue weighted by atomic mass is 79.9. The molecule has 0 fully saturated rings. The Bertz CT molecular complexity index is 1400. The van der Waals surface area contributed by atoms with Gasteiger partial charge in [-0.2, -0.15) is 10.2 Å². The summed E-state index contributed by atoms with van der Waals surface area (Å²) in [6.07, 6.45) is 1.48. The van der Waals surface area contributed by atoms with Crippen LogP contribution in [-0.4, -0.2) is 28.2 Å². The minimum absolute atomic E-state index is 0.199. The van der Waals surface area contributed by atoms with Gasteiger partial charge in [-0.05, 0) is 35.9 Å². The number of H-pyrrole nitrogens is 1. The molecule has 1 aromatic heterocycles. The molecule has 0 spiro atoms. The first-order chi connectivity index (χ1) is 16.0. The molecule has 0 bridgehead atoms. The maximum absolute atomic E-state index is 13.1. The van der Waals surface area contributed by atoms with Crippen molar-refractivity contribution in [3.05, 3.63) is 111 Å². The second-order valence-electron chi connectivity index (χ2n) is 7.05. The lowest BCUT2D eigenvalue weighted by molar-refractivity contribution is -0.123. The molecule has 0 aliphatic carbocycles. The van der Waals surface area contributed by atoms with E-state index in [4.69, 9.17) is 0 Å². The largest absolute Gasteiger partial charge is 0.335 e. The Morgan fingerprint density at radius 3 is 2.45 bits per heavy atom. The monoisotopic (exact) mass is 503 g/mol. The zero-order valence-corrected chi connectivity index (χ0v) is 18.7. The van der Waals surface area contributed by atoms with E-state index in [2.05, 4.69) is 42.0 Å². The summed E-state index contributed by atoms with van der Waals surface area (Å²) in [5.74, 6) is -1.08. The number of aromatic nitrogens is 2. The topological polar surface area (TPSA) is 116 Å². The van der Waals surface area contributed by atoms with Gasteiger partial charge in [0.15, 0.2) is 6.04 Å². The van der Waals surface area contributed by atoms with E-state index in [0.717, 1.165) is 10.0 Å². The third-order valence-electron chi connectivity index (χ3n) is 4.81. The molecule has 3 aromatic carbocycles. The number of hydrogen-bond donors (Lipinski definition) is 3. The molecule has 33 heavy (non-hydrogen) atoms. The Balaban J connectivity index is 1.67. The van der Waals surface area contributed by atoms with Crippen LogP contribution >= 0.6 is 15.9 Å². The summed E-state index contributed by atoms with van der Waals surface area (Å²) in [6.45, 7) is 0. The Labute approximate surface area is 196 Å². The number of carbonyl (C=O) groups excluding carboxylic acids is 2. The normalized spacial score (nSPS) is 11.9. The number of halogens is 1. The molecule has 0 saturated heterocycles. The summed E-state index contributed by atoms with van der Waals surface area (Å²) < 4.78 is 0.870. The molecule has 0 aliphatic rings. The van der Waals surface area contributed by atoms with Crippen LogP contribution in [-0.2, 0) is 4.79 Å². The van der Waals surface area contributed by atoms with Crippen molar-refractivity contribution in [1.82, 2.24) is 20.9 Å². The van der Waals surface area contributed by atoms with E-state index in [1.165, 1.54) is 6.21 Å². The lowest BCUT2D eigenvalue weighted by Crippen LogP contribution is -2.40. The summed E-state index contributed by atoms with van der Waals surface area (Å²) in [7, 11) is 0. The predicted molar refractivity (Wildman–Crippen MR) is 129 cm³/mol. The van der Waals surface area contributed by atoms with Gasteiger partial charge in [-0.15, -0.1) is 0 Å². The second kappa shape index (κ2) is 10.0. The van der Waals surface area contributed by atoms with Crippen LogP contribution in [0.3, 0.4) is 0 Å². The number of nitrogens with one attached hydrogen (secondary N) is 3. The van der Waals surface area contributed by atoms with Gasteiger partial charge in [0.2, 0.25) is 0 Å². The molecule has 0 radical (unpaired) electrons. The van der Waals surface area contributed by atoms with Gasteiger partial charge in [0.1, 0.15) is 5.69 Å². The first-order valence-electron chi connectivity index (χ1n) is 9.94. The number of aromatic amines is 1. The summed E-state index contributed by atoms with van der Waals surface area (Å²) in [5.41, 5.74) is 3.40. The molecule has 0 saturated carbocycles. The van der Waals surface area contributed by atoms with Gasteiger partial charge in [0.05, 0.1) is 11.6 Å². The van der Waals surface area contributed by atoms with Crippen molar-refractivity contribution >= 4 is 44.7 Å². The van der Waals surface area contributed by atoms with Gasteiger partial charge in [0, 0.05) is 15.4 Å². The van der Waals surface area contributed by atoms with Gasteiger partial charge in [-0.25, -0.2) is 10.5 Å². The number of benzene rings is 3. The Morgan fingerprint density at radius 1 is 0.970 bits per heavy atom. The number of rotatable bonds is 6. The molecular weight excluding hydrogens is 486 g/mol. The molecule has 0 aliphatic heterocycles. The van der Waals surface area contributed by atoms with E-state index in [1.54, 1.807) is 54.6 Å². The first kappa shape index (κ1) is 22.1. The Morgan fingerprint density at radius 2 is 1.70 bits per heavy atom. The van der Waals surface area contributed by atoms with Crippen LogP contribution < -0.4 is 16.3 Å². The van der Waals surface area contributed by atoms with Gasteiger partial charge >= 0.3 is 0 Å². The van der Waals surface area contributed by atoms with Crippen molar-refractivity contribution in [1.29, 1.82) is 0 Å². The van der Waals surface area contributed by atoms with Crippen molar-refractivity contribution < 1.29 is 9.59 Å². The molecule has 1 heterocycles. The van der Waals surface area contributed by atoms with Crippen LogP contribution in [0.25, 0.3) is 10.8 Å². The van der Waals surface area contributed by atoms with Gasteiger partial charge in [-0.3, -0.25) is 14.4 Å². The average Bonchev–Trinajstić information content (AvgIpc) is 2.84. The molecule has 164 valence electrons. The van der Waals surface area contributed by atoms with Gasteiger partial charge in [-0.1, -0.05) is 64.5 Å². The molecule has 8 nitrogen and oxygen atoms in total. The summed E-state index contributed by atoms with van der Waals surface area (Å²) in [6, 6.07) is 21.4. The van der Waals surface area contributed by atoms with Crippen molar-refractivity contribution in [2.75, 3.05) is 0 Å². The number of hydrogen-bond acceptors (Lipinski definition) is 5. The highest BCUT2D eigenvalue weighted by Crippen LogP contribution is 2.20. The smallest absolute Gasteiger partial charge is 0.272 e. The summed E-state index contributed by atoms with van der Waals surface area (Å²) >= 11 is 3.38. The standard InChI is InChI=1S/C24H18BrN5O3/c25-17-10-6-7-15(13-17)14-26-29-24(33)21(27-22(31)16-8-2-1-3-9-16)20-18-11-4-5-12-19(18)23(32)30-28-20/h1-14,21H,(H,27,31)(H,29,33)(H,30,32). The van der Waals surface area contributed by atoms with Crippen LogP contribution in [0.4, 0.5) is 0 Å². The number of carbonyl (C=O) groups is 2. The van der Waals surface area contributed by atoms with E-state index in [9.17, 15) is 14.4 Å². The molecule has 1 atom stereocenters. The van der Waals surface area contributed by atoms with E-state index in [-0.39, 0.29) is 5.69 Å². The summed E-state index contributed by atoms with van der Waals surface area (Å²) in [5, 5.41) is 14.0. The number of nitrogens with zero attached hydrogens (tertiary/aromatic N) is 2. The molecule has 1 unspecified atom stereocenters. The zero-order valence-electron chi connectivity index (χ0n) is 17.2. The predicted octanol–water partition coefficient (Wildman–Crippen LogP) is 3.31. The Hall–Kier alpha value is -4.11. The van der Waals surface area contributed by atoms with Crippen LogP contribution in [0.15, 0.2) is 93.2 Å². The number of amides is 2. The lowest BCUT2D eigenvalue weighted by Gasteiger charge is -2.18. The highest BCUT2D eigenvalue weighted by Gasteiger charge is 2.27. The fourth-order valence-electron chi connectivity index (χ4n) is 3.24. The van der Waals surface area contributed by atoms with Crippen molar-refractivity contribution in [2.24, 2.45) is 5.10 Å². The summed E-state index contributed by atoms with van der Waals surface area (Å²) in [4.78, 5) is 38.1. The average molecular weight is 504 g/mol. The number of hydrazone groups is 1. The fourth-order valence-corrected chi connectivity index (χ4v) is 3.66. The van der Waals surface area contributed by atoms with Crippen LogP contribution in [0.5, 0.6) is 0 Å². The van der Waals surface area contributed by atoms with Crippen molar-refractivity contribution in [3.63, 3.8) is 0 Å². The Kier molecular flexibility index (Phi) is 6.70. The molecule has 9 heteroatoms. The molecule has 3 N–H and O–H groups in total.